The Morgan fingerprint density at radius 1 is 1.03 bits per heavy atom. The Bertz CT molecular complexity index is 1420. The van der Waals surface area contributed by atoms with Gasteiger partial charge in [-0.05, 0) is 30.0 Å². The first-order valence-electron chi connectivity index (χ1n) is 11.8. The molecule has 1 aliphatic rings. The van der Waals surface area contributed by atoms with Gasteiger partial charge in [-0.1, -0.05) is 42.5 Å². The number of likely N-dealkylation sites (tertiary alicyclic amines) is 1. The number of H-pyrrole nitrogens is 1. The first-order valence-corrected chi connectivity index (χ1v) is 11.8. The highest BCUT2D eigenvalue weighted by Crippen LogP contribution is 2.29. The van der Waals surface area contributed by atoms with Gasteiger partial charge in [-0.15, -0.1) is 0 Å². The highest BCUT2D eigenvalue weighted by molar-refractivity contribution is 6.45. The number of benzene rings is 2. The lowest BCUT2D eigenvalue weighted by atomic mass is 9.93. The van der Waals surface area contributed by atoms with Crippen LogP contribution in [0.3, 0.4) is 0 Å². The van der Waals surface area contributed by atoms with Crippen LogP contribution in [0.1, 0.15) is 35.2 Å². The number of aliphatic carboxylic acids is 1. The molecule has 4 rings (SSSR count). The summed E-state index contributed by atoms with van der Waals surface area (Å²) in [6.07, 6.45) is 2.25. The minimum atomic E-state index is -1.03. The molecule has 2 heterocycles. The second-order valence-corrected chi connectivity index (χ2v) is 8.53. The molecule has 4 N–H and O–H groups in total. The van der Waals surface area contributed by atoms with E-state index in [1.165, 1.54) is 11.1 Å². The van der Waals surface area contributed by atoms with Crippen molar-refractivity contribution in [3.8, 4) is 6.07 Å². The smallest absolute Gasteiger partial charge is 0.319 e. The van der Waals surface area contributed by atoms with Crippen molar-refractivity contribution in [2.45, 2.75) is 19.3 Å². The van der Waals surface area contributed by atoms with Crippen molar-refractivity contribution in [2.24, 2.45) is 0 Å². The number of amides is 3. The highest BCUT2D eigenvalue weighted by atomic mass is 16.4. The van der Waals surface area contributed by atoms with Crippen molar-refractivity contribution in [3.63, 3.8) is 0 Å². The van der Waals surface area contributed by atoms with E-state index in [-0.39, 0.29) is 18.5 Å². The number of allylic oxidation sites excluding steroid dienone is 1. The zero-order valence-electron chi connectivity index (χ0n) is 19.9. The van der Waals surface area contributed by atoms with Crippen LogP contribution in [-0.2, 0) is 9.59 Å². The minimum absolute atomic E-state index is 0.0337. The molecule has 3 amide bonds. The van der Waals surface area contributed by atoms with Crippen molar-refractivity contribution < 1.29 is 24.3 Å². The number of rotatable bonds is 7. The highest BCUT2D eigenvalue weighted by Gasteiger charge is 2.28. The fourth-order valence-corrected chi connectivity index (χ4v) is 4.34. The van der Waals surface area contributed by atoms with Gasteiger partial charge >= 0.3 is 12.0 Å². The molecule has 0 bridgehead atoms. The van der Waals surface area contributed by atoms with Gasteiger partial charge in [-0.2, -0.15) is 5.26 Å². The number of hydrogen-bond donors (Lipinski definition) is 4. The van der Waals surface area contributed by atoms with Crippen LogP contribution < -0.4 is 10.6 Å². The van der Waals surface area contributed by atoms with Crippen LogP contribution >= 0.6 is 0 Å². The number of aromatic amines is 1. The molecule has 1 fully saturated rings. The van der Waals surface area contributed by atoms with Gasteiger partial charge in [0.2, 0.25) is 0 Å². The van der Waals surface area contributed by atoms with E-state index in [1.807, 2.05) is 30.3 Å². The second kappa shape index (κ2) is 11.2. The summed E-state index contributed by atoms with van der Waals surface area (Å²) in [4.78, 5) is 53.3. The summed E-state index contributed by atoms with van der Waals surface area (Å²) in [5.41, 5.74) is 3.47. The molecule has 1 aromatic heterocycles. The fraction of sp³-hybridized carbons (Fsp3) is 0.222. The number of fused-ring (bicyclic) bond motifs is 1. The third-order valence-corrected chi connectivity index (χ3v) is 6.21. The number of anilines is 1. The van der Waals surface area contributed by atoms with Crippen LogP contribution in [0.25, 0.3) is 16.5 Å². The Labute approximate surface area is 212 Å². The quantitative estimate of drug-likeness (QED) is 0.221. The van der Waals surface area contributed by atoms with Crippen molar-refractivity contribution in [1.82, 2.24) is 15.2 Å². The Hall–Kier alpha value is -4.91. The van der Waals surface area contributed by atoms with Gasteiger partial charge in [0.25, 0.3) is 11.7 Å². The number of carboxylic acid groups (broad SMARTS) is 1. The van der Waals surface area contributed by atoms with E-state index < -0.39 is 23.7 Å². The zero-order chi connectivity index (χ0) is 26.4. The number of hydrogen-bond acceptors (Lipinski definition) is 5. The first-order chi connectivity index (χ1) is 17.9. The van der Waals surface area contributed by atoms with E-state index in [0.29, 0.717) is 48.1 Å². The predicted octanol–water partition coefficient (Wildman–Crippen LogP) is 3.55. The second-order valence-electron chi connectivity index (χ2n) is 8.53. The number of carbonyl (C=O) groups excluding carboxylic acids is 3. The summed E-state index contributed by atoms with van der Waals surface area (Å²) >= 11 is 0. The number of urea groups is 1. The summed E-state index contributed by atoms with van der Waals surface area (Å²) < 4.78 is 0. The molecule has 0 saturated carbocycles. The summed E-state index contributed by atoms with van der Waals surface area (Å²) in [5.74, 6) is -2.31. The van der Waals surface area contributed by atoms with Gasteiger partial charge in [-0.25, -0.2) is 4.79 Å². The zero-order valence-corrected chi connectivity index (χ0v) is 19.9. The largest absolute Gasteiger partial charge is 0.481 e. The number of para-hydroxylation sites is 1. The Morgan fingerprint density at radius 2 is 1.76 bits per heavy atom. The molecule has 10 nitrogen and oxygen atoms in total. The summed E-state index contributed by atoms with van der Waals surface area (Å²) in [6.45, 7) is 0.640. The van der Waals surface area contributed by atoms with Crippen molar-refractivity contribution >= 4 is 45.9 Å². The van der Waals surface area contributed by atoms with Gasteiger partial charge in [0.15, 0.2) is 0 Å². The van der Waals surface area contributed by atoms with E-state index in [1.54, 1.807) is 18.2 Å². The van der Waals surface area contributed by atoms with Gasteiger partial charge in [0, 0.05) is 31.2 Å². The molecule has 0 spiro atoms. The van der Waals surface area contributed by atoms with Gasteiger partial charge in [0.1, 0.15) is 0 Å². The number of carbonyl (C=O) groups is 4. The van der Waals surface area contributed by atoms with E-state index in [4.69, 9.17) is 5.11 Å². The Kier molecular flexibility index (Phi) is 7.64. The number of nitriles is 1. The normalized spacial score (nSPS) is 13.1. The van der Waals surface area contributed by atoms with Crippen molar-refractivity contribution in [3.05, 3.63) is 71.4 Å². The predicted molar refractivity (Wildman–Crippen MR) is 137 cm³/mol. The maximum Gasteiger partial charge on any atom is 0.319 e. The number of ketones is 1. The topological polar surface area (TPSA) is 155 Å². The lowest BCUT2D eigenvalue weighted by Crippen LogP contribution is -2.40. The molecule has 3 aromatic rings. The lowest BCUT2D eigenvalue weighted by molar-refractivity contribution is -0.136. The first kappa shape index (κ1) is 25.2. The summed E-state index contributed by atoms with van der Waals surface area (Å²) in [6, 6.07) is 16.0. The van der Waals surface area contributed by atoms with Crippen LogP contribution in [0.5, 0.6) is 0 Å². The average Bonchev–Trinajstić information content (AvgIpc) is 3.34. The number of aromatic nitrogens is 1. The van der Waals surface area contributed by atoms with Crippen LogP contribution in [0, 0.1) is 11.3 Å². The molecular weight excluding hydrogens is 474 g/mol. The third kappa shape index (κ3) is 5.67. The van der Waals surface area contributed by atoms with E-state index in [2.05, 4.69) is 21.7 Å². The molecule has 1 saturated heterocycles. The average molecular weight is 500 g/mol. The number of nitrogens with zero attached hydrogens (tertiary/aromatic N) is 2. The molecule has 0 radical (unpaired) electrons. The molecule has 2 aromatic carbocycles. The molecule has 188 valence electrons. The third-order valence-electron chi connectivity index (χ3n) is 6.21. The molecular formula is C27H25N5O5. The number of Topliss-reactive ketones (excluding diaryl/α,β-unsaturated/α-hetero) is 1. The SMILES string of the molecule is N#CC(=C1CCN(C(=O)C(=O)c2c[nH]c3c(NC(=O)NCCC(=O)O)cccc23)CC1)c1ccccc1. The van der Waals surface area contributed by atoms with Crippen LogP contribution in [0.4, 0.5) is 10.5 Å². The number of nitrogens with one attached hydrogen (secondary N) is 3. The van der Waals surface area contributed by atoms with E-state index >= 15 is 0 Å². The monoisotopic (exact) mass is 499 g/mol. The van der Waals surface area contributed by atoms with Crippen LogP contribution in [0.15, 0.2) is 60.3 Å². The molecule has 0 atom stereocenters. The lowest BCUT2D eigenvalue weighted by Gasteiger charge is -2.28. The van der Waals surface area contributed by atoms with Gasteiger partial charge < -0.3 is 25.6 Å². The maximum atomic E-state index is 13.1. The summed E-state index contributed by atoms with van der Waals surface area (Å²) in [7, 11) is 0. The molecule has 37 heavy (non-hydrogen) atoms. The fourth-order valence-electron chi connectivity index (χ4n) is 4.34. The molecule has 0 unspecified atom stereocenters. The van der Waals surface area contributed by atoms with Crippen molar-refractivity contribution in [2.75, 3.05) is 25.0 Å². The molecule has 10 heteroatoms. The number of piperidine rings is 1. The number of carboxylic acids is 1. The minimum Gasteiger partial charge on any atom is -0.481 e. The van der Waals surface area contributed by atoms with Crippen LogP contribution in [0.2, 0.25) is 0 Å². The van der Waals surface area contributed by atoms with E-state index in [0.717, 1.165) is 11.1 Å². The van der Waals surface area contributed by atoms with E-state index in [9.17, 15) is 24.4 Å². The molecule has 1 aliphatic heterocycles. The van der Waals surface area contributed by atoms with Crippen molar-refractivity contribution in [1.29, 1.82) is 5.26 Å². The van der Waals surface area contributed by atoms with Gasteiger partial charge in [-0.3, -0.25) is 14.4 Å². The standard InChI is InChI=1S/C27H25N5O5/c28-15-20(17-5-2-1-3-6-17)18-10-13-32(14-11-18)26(36)25(35)21-16-30-24-19(21)7-4-8-22(24)31-27(37)29-12-9-23(33)34/h1-8,16,30H,9-14H2,(H,33,34)(H2,29,31,37). The van der Waals surface area contributed by atoms with Crippen LogP contribution in [-0.4, -0.2) is 58.3 Å². The maximum absolute atomic E-state index is 13.1. The Morgan fingerprint density at radius 3 is 2.43 bits per heavy atom. The van der Waals surface area contributed by atoms with Gasteiger partial charge in [0.05, 0.1) is 34.8 Å². The molecule has 0 aliphatic carbocycles. The summed E-state index contributed by atoms with van der Waals surface area (Å²) in [5, 5.41) is 23.9. The Balaban J connectivity index is 1.45.